The van der Waals surface area contributed by atoms with E-state index in [9.17, 15) is 24.6 Å². The fourth-order valence-electron chi connectivity index (χ4n) is 4.02. The number of ketones is 1. The number of carbonyl (C=O) groups is 3. The smallest absolute Gasteiger partial charge is 0.303 e. The Morgan fingerprint density at radius 2 is 1.92 bits per heavy atom. The molecule has 2 atom stereocenters. The van der Waals surface area contributed by atoms with Crippen LogP contribution in [0.2, 0.25) is 0 Å². The Balaban J connectivity index is 1.64. The number of amides is 1. The molecule has 0 fully saturated rings. The minimum atomic E-state index is -0.992. The summed E-state index contributed by atoms with van der Waals surface area (Å²) in [5.74, 6) is -1.50. The lowest BCUT2D eigenvalue weighted by Crippen LogP contribution is -2.39. The molecule has 1 aromatic carbocycles. The van der Waals surface area contributed by atoms with Crippen LogP contribution in [0.1, 0.15) is 66.6 Å². The van der Waals surface area contributed by atoms with Crippen molar-refractivity contribution in [3.05, 3.63) is 63.4 Å². The van der Waals surface area contributed by atoms with Gasteiger partial charge in [-0.25, -0.2) is 0 Å². The second kappa shape index (κ2) is 12.4. The zero-order chi connectivity index (χ0) is 27.2. The first-order chi connectivity index (χ1) is 17.4. The summed E-state index contributed by atoms with van der Waals surface area (Å²) < 4.78 is 0.823. The van der Waals surface area contributed by atoms with Crippen LogP contribution < -0.4 is 10.6 Å². The van der Waals surface area contributed by atoms with Gasteiger partial charge in [-0.05, 0) is 40.3 Å². The van der Waals surface area contributed by atoms with E-state index < -0.39 is 23.9 Å². The van der Waals surface area contributed by atoms with Gasteiger partial charge >= 0.3 is 5.97 Å². The number of aromatic nitrogens is 1. The van der Waals surface area contributed by atoms with E-state index >= 15 is 0 Å². The average Bonchev–Trinajstić information content (AvgIpc) is 2.82. The zero-order valence-corrected chi connectivity index (χ0v) is 22.8. The summed E-state index contributed by atoms with van der Waals surface area (Å²) in [6.07, 6.45) is 2.79. The number of carbonyl (C=O) groups excluding carboxylic acids is 2. The largest absolute Gasteiger partial charge is 0.481 e. The van der Waals surface area contributed by atoms with Gasteiger partial charge in [-0.3, -0.25) is 24.4 Å². The number of hydrogen-bond acceptors (Lipinski definition) is 7. The van der Waals surface area contributed by atoms with E-state index in [1.807, 2.05) is 18.2 Å². The normalized spacial score (nSPS) is 16.4. The number of amidine groups is 1. The first-order valence-corrected chi connectivity index (χ1v) is 12.9. The van der Waals surface area contributed by atoms with E-state index in [1.165, 1.54) is 6.20 Å². The molecule has 198 valence electrons. The number of halogens is 1. The van der Waals surface area contributed by atoms with E-state index in [-0.39, 0.29) is 30.6 Å². The summed E-state index contributed by atoms with van der Waals surface area (Å²) in [7, 11) is 0. The molecule has 0 aliphatic carbocycles. The monoisotopic (exact) mass is 572 g/mol. The highest BCUT2D eigenvalue weighted by atomic mass is 79.9. The van der Waals surface area contributed by atoms with Crippen molar-refractivity contribution in [3.63, 3.8) is 0 Å². The van der Waals surface area contributed by atoms with Crippen LogP contribution in [0.3, 0.4) is 0 Å². The molecule has 10 heteroatoms. The predicted octanol–water partition coefficient (Wildman–Crippen LogP) is 2.99. The Morgan fingerprint density at radius 3 is 2.57 bits per heavy atom. The van der Waals surface area contributed by atoms with Crippen molar-refractivity contribution in [2.24, 2.45) is 4.99 Å². The minimum absolute atomic E-state index is 0.0117. The van der Waals surface area contributed by atoms with E-state index in [0.717, 1.165) is 21.2 Å². The number of β-amino-alcohol motifs (C(OH)–C–C–N with tert-alkyl or cyclic N) is 1. The molecule has 2 aromatic rings. The SMILES string of the molecule is CC(C)(C)c1cc(Br)cc([C@H](CC(=O)O)CC(=O)CNC(=O)c2cncc(CC3=NCC(O)CN3)c2)c1. The van der Waals surface area contributed by atoms with Crippen molar-refractivity contribution in [1.29, 1.82) is 0 Å². The predicted molar refractivity (Wildman–Crippen MR) is 144 cm³/mol. The number of nitrogens with one attached hydrogen (secondary N) is 2. The zero-order valence-electron chi connectivity index (χ0n) is 21.3. The molecule has 1 unspecified atom stereocenters. The third-order valence-electron chi connectivity index (χ3n) is 6.06. The number of aliphatic imine (C=N–C) groups is 1. The summed E-state index contributed by atoms with van der Waals surface area (Å²) in [6, 6.07) is 7.47. The van der Waals surface area contributed by atoms with Crippen molar-refractivity contribution in [2.75, 3.05) is 19.6 Å². The van der Waals surface area contributed by atoms with Crippen molar-refractivity contribution in [2.45, 2.75) is 57.5 Å². The second-order valence-corrected chi connectivity index (χ2v) is 11.2. The number of hydrogen-bond donors (Lipinski definition) is 4. The molecule has 0 saturated heterocycles. The Hall–Kier alpha value is -3.11. The van der Waals surface area contributed by atoms with Crippen LogP contribution in [0.4, 0.5) is 0 Å². The Morgan fingerprint density at radius 1 is 1.16 bits per heavy atom. The molecule has 0 spiro atoms. The van der Waals surface area contributed by atoms with Gasteiger partial charge < -0.3 is 20.8 Å². The van der Waals surface area contributed by atoms with Crippen molar-refractivity contribution >= 4 is 39.4 Å². The van der Waals surface area contributed by atoms with Gasteiger partial charge in [-0.15, -0.1) is 0 Å². The summed E-state index contributed by atoms with van der Waals surface area (Å²) in [6.45, 7) is 6.75. The van der Waals surface area contributed by atoms with Crippen molar-refractivity contribution < 1.29 is 24.6 Å². The van der Waals surface area contributed by atoms with Crippen LogP contribution in [-0.2, 0) is 21.4 Å². The molecule has 37 heavy (non-hydrogen) atoms. The molecule has 1 aliphatic heterocycles. The molecule has 0 radical (unpaired) electrons. The van der Waals surface area contributed by atoms with Gasteiger partial charge in [0.2, 0.25) is 0 Å². The van der Waals surface area contributed by atoms with Gasteiger partial charge in [-0.1, -0.05) is 42.8 Å². The fourth-order valence-corrected chi connectivity index (χ4v) is 4.53. The highest BCUT2D eigenvalue weighted by molar-refractivity contribution is 9.10. The molecule has 3 rings (SSSR count). The van der Waals surface area contributed by atoms with Gasteiger partial charge in [0.1, 0.15) is 5.84 Å². The number of aliphatic carboxylic acids is 1. The number of benzene rings is 1. The maximum atomic E-state index is 12.8. The maximum absolute atomic E-state index is 12.8. The third kappa shape index (κ3) is 8.75. The Bertz CT molecular complexity index is 1190. The van der Waals surface area contributed by atoms with Gasteiger partial charge in [0.15, 0.2) is 5.78 Å². The van der Waals surface area contributed by atoms with Crippen LogP contribution in [0.15, 0.2) is 46.1 Å². The molecule has 1 aromatic heterocycles. The summed E-state index contributed by atoms with van der Waals surface area (Å²) in [5, 5.41) is 24.7. The van der Waals surface area contributed by atoms with Gasteiger partial charge in [0, 0.05) is 42.2 Å². The molecule has 1 aliphatic rings. The van der Waals surface area contributed by atoms with Crippen LogP contribution >= 0.6 is 15.9 Å². The molecular weight excluding hydrogens is 540 g/mol. The lowest BCUT2D eigenvalue weighted by molar-refractivity contribution is -0.137. The molecular formula is C27H33BrN4O5. The Labute approximate surface area is 224 Å². The Kier molecular flexibility index (Phi) is 9.56. The summed E-state index contributed by atoms with van der Waals surface area (Å²) >= 11 is 3.50. The van der Waals surface area contributed by atoms with E-state index in [2.05, 4.69) is 57.3 Å². The van der Waals surface area contributed by atoms with Crippen molar-refractivity contribution in [3.8, 4) is 0 Å². The number of aliphatic hydroxyl groups is 1. The summed E-state index contributed by atoms with van der Waals surface area (Å²) in [5.41, 5.74) is 2.74. The van der Waals surface area contributed by atoms with E-state index in [0.29, 0.717) is 30.9 Å². The molecule has 1 amide bonds. The first-order valence-electron chi connectivity index (χ1n) is 12.1. The first kappa shape index (κ1) is 28.5. The second-order valence-electron chi connectivity index (χ2n) is 10.3. The topological polar surface area (TPSA) is 141 Å². The molecule has 0 bridgehead atoms. The van der Waals surface area contributed by atoms with E-state index in [1.54, 1.807) is 12.3 Å². The van der Waals surface area contributed by atoms with Crippen LogP contribution in [0.5, 0.6) is 0 Å². The standard InChI is InChI=1S/C27H33BrN4O5/c1-27(2,3)20-6-17(7-21(28)10-20)18(9-25(35)36)8-22(33)13-32-26(37)19-4-16(11-29-12-19)5-24-30-14-23(34)15-31-24/h4,6-7,10-12,18,23,34H,5,8-9,13-15H2,1-3H3,(H,30,31)(H,32,37)(H,35,36)/t18-/m0/s1. The minimum Gasteiger partial charge on any atom is -0.481 e. The van der Waals surface area contributed by atoms with Gasteiger partial charge in [0.25, 0.3) is 5.91 Å². The van der Waals surface area contributed by atoms with Crippen molar-refractivity contribution in [1.82, 2.24) is 15.6 Å². The lowest BCUT2D eigenvalue weighted by Gasteiger charge is -2.23. The number of pyridine rings is 1. The number of nitrogens with zero attached hydrogens (tertiary/aromatic N) is 2. The quantitative estimate of drug-likeness (QED) is 0.343. The number of Topliss-reactive ketones (excluding diaryl/α,β-unsaturated/α-hetero) is 1. The fraction of sp³-hybridized carbons (Fsp3) is 0.444. The highest BCUT2D eigenvalue weighted by Crippen LogP contribution is 2.32. The molecule has 9 nitrogen and oxygen atoms in total. The van der Waals surface area contributed by atoms with Gasteiger partial charge in [-0.2, -0.15) is 0 Å². The van der Waals surface area contributed by atoms with Crippen LogP contribution in [0.25, 0.3) is 0 Å². The number of rotatable bonds is 10. The molecule has 0 saturated carbocycles. The highest BCUT2D eigenvalue weighted by Gasteiger charge is 2.23. The van der Waals surface area contributed by atoms with Crippen LogP contribution in [0, 0.1) is 0 Å². The third-order valence-corrected chi connectivity index (χ3v) is 6.52. The van der Waals surface area contributed by atoms with E-state index in [4.69, 9.17) is 0 Å². The summed E-state index contributed by atoms with van der Waals surface area (Å²) in [4.78, 5) is 45.4. The molecule has 4 N–H and O–H groups in total. The van der Waals surface area contributed by atoms with Crippen LogP contribution in [-0.4, -0.2) is 64.4 Å². The number of carboxylic acids is 1. The maximum Gasteiger partial charge on any atom is 0.303 e. The number of aliphatic hydroxyl groups excluding tert-OH is 1. The number of carboxylic acid groups (broad SMARTS) is 1. The average molecular weight is 573 g/mol. The lowest BCUT2D eigenvalue weighted by atomic mass is 9.83. The molecule has 2 heterocycles. The van der Waals surface area contributed by atoms with Gasteiger partial charge in [0.05, 0.1) is 31.2 Å².